The predicted octanol–water partition coefficient (Wildman–Crippen LogP) is 0.833. The molecule has 0 aromatic carbocycles. The quantitative estimate of drug-likeness (QED) is 0.618. The number of hydrogen-bond donors (Lipinski definition) is 2. The molecule has 0 heterocycles. The minimum Gasteiger partial charge on any atom is -0.465 e. The van der Waals surface area contributed by atoms with Crippen LogP contribution in [0, 0.1) is 0 Å². The van der Waals surface area contributed by atoms with E-state index in [0.717, 1.165) is 25.7 Å². The highest BCUT2D eigenvalue weighted by Crippen LogP contribution is 2.35. The molecule has 88 valence electrons. The third-order valence-corrected chi connectivity index (χ3v) is 2.79. The number of esters is 1. The van der Waals surface area contributed by atoms with E-state index in [0.29, 0.717) is 6.61 Å². The average Bonchev–Trinajstić information content (AvgIpc) is 2.98. The predicted molar refractivity (Wildman–Crippen MR) is 57.5 cm³/mol. The second-order valence-corrected chi connectivity index (χ2v) is 4.18. The SMILES string of the molecule is CCCC(NC1(CO)CC1)C(=O)OCC. The van der Waals surface area contributed by atoms with Crippen LogP contribution in [0.15, 0.2) is 0 Å². The number of carbonyl (C=O) groups excluding carboxylic acids is 1. The van der Waals surface area contributed by atoms with Gasteiger partial charge < -0.3 is 9.84 Å². The third-order valence-electron chi connectivity index (χ3n) is 2.79. The van der Waals surface area contributed by atoms with E-state index in [1.807, 2.05) is 6.92 Å². The second kappa shape index (κ2) is 5.47. The van der Waals surface area contributed by atoms with Crippen LogP contribution in [-0.4, -0.2) is 35.9 Å². The van der Waals surface area contributed by atoms with Gasteiger partial charge in [-0.2, -0.15) is 0 Å². The van der Waals surface area contributed by atoms with Gasteiger partial charge in [-0.1, -0.05) is 13.3 Å². The fourth-order valence-corrected chi connectivity index (χ4v) is 1.65. The minimum absolute atomic E-state index is 0.104. The van der Waals surface area contributed by atoms with E-state index in [2.05, 4.69) is 5.32 Å². The number of ether oxygens (including phenoxy) is 1. The summed E-state index contributed by atoms with van der Waals surface area (Å²) in [5.74, 6) is -0.195. The maximum Gasteiger partial charge on any atom is 0.323 e. The van der Waals surface area contributed by atoms with Crippen LogP contribution in [0.25, 0.3) is 0 Å². The van der Waals surface area contributed by atoms with Gasteiger partial charge in [0.05, 0.1) is 13.2 Å². The molecule has 0 aromatic rings. The summed E-state index contributed by atoms with van der Waals surface area (Å²) in [5.41, 5.74) is -0.202. The topological polar surface area (TPSA) is 58.6 Å². The molecule has 0 saturated heterocycles. The number of aliphatic hydroxyl groups is 1. The number of aliphatic hydroxyl groups excluding tert-OH is 1. The zero-order chi connectivity index (χ0) is 11.3. The van der Waals surface area contributed by atoms with Crippen molar-refractivity contribution in [1.29, 1.82) is 0 Å². The lowest BCUT2D eigenvalue weighted by Crippen LogP contribution is -2.47. The summed E-state index contributed by atoms with van der Waals surface area (Å²) in [7, 11) is 0. The Kier molecular flexibility index (Phi) is 4.54. The molecule has 0 aliphatic heterocycles. The highest BCUT2D eigenvalue weighted by Gasteiger charge is 2.44. The number of hydrogen-bond acceptors (Lipinski definition) is 4. The molecule has 1 fully saturated rings. The monoisotopic (exact) mass is 215 g/mol. The Morgan fingerprint density at radius 3 is 2.60 bits per heavy atom. The minimum atomic E-state index is -0.260. The smallest absolute Gasteiger partial charge is 0.323 e. The molecule has 15 heavy (non-hydrogen) atoms. The van der Waals surface area contributed by atoms with E-state index in [9.17, 15) is 9.90 Å². The van der Waals surface area contributed by atoms with E-state index in [1.165, 1.54) is 0 Å². The molecule has 4 nitrogen and oxygen atoms in total. The Bertz CT molecular complexity index is 214. The van der Waals surface area contributed by atoms with E-state index in [4.69, 9.17) is 4.74 Å². The molecule has 0 amide bonds. The standard InChI is InChI=1S/C11H21NO3/c1-3-5-9(10(14)15-4-2)12-11(8-13)6-7-11/h9,12-13H,3-8H2,1-2H3. The summed E-state index contributed by atoms with van der Waals surface area (Å²) in [4.78, 5) is 11.6. The number of rotatable bonds is 7. The Labute approximate surface area is 91.0 Å². The van der Waals surface area contributed by atoms with Crippen molar-refractivity contribution in [3.8, 4) is 0 Å². The van der Waals surface area contributed by atoms with E-state index in [-0.39, 0.29) is 24.2 Å². The van der Waals surface area contributed by atoms with Crippen LogP contribution < -0.4 is 5.32 Å². The van der Waals surface area contributed by atoms with Gasteiger partial charge in [-0.25, -0.2) is 0 Å². The Hall–Kier alpha value is -0.610. The molecular weight excluding hydrogens is 194 g/mol. The molecule has 0 radical (unpaired) electrons. The summed E-state index contributed by atoms with van der Waals surface area (Å²) in [6.07, 6.45) is 3.59. The van der Waals surface area contributed by atoms with Crippen LogP contribution in [0.2, 0.25) is 0 Å². The molecule has 1 unspecified atom stereocenters. The van der Waals surface area contributed by atoms with Crippen LogP contribution in [0.1, 0.15) is 39.5 Å². The first-order valence-electron chi connectivity index (χ1n) is 5.72. The van der Waals surface area contributed by atoms with E-state index >= 15 is 0 Å². The second-order valence-electron chi connectivity index (χ2n) is 4.18. The van der Waals surface area contributed by atoms with Gasteiger partial charge in [0.25, 0.3) is 0 Å². The van der Waals surface area contributed by atoms with Crippen molar-refractivity contribution in [2.45, 2.75) is 51.1 Å². The van der Waals surface area contributed by atoms with Gasteiger partial charge in [0.15, 0.2) is 0 Å². The lowest BCUT2D eigenvalue weighted by molar-refractivity contribution is -0.146. The number of carbonyl (C=O) groups is 1. The molecule has 1 saturated carbocycles. The van der Waals surface area contributed by atoms with Gasteiger partial charge in [0, 0.05) is 5.54 Å². The van der Waals surface area contributed by atoms with Gasteiger partial charge in [0.1, 0.15) is 6.04 Å². The van der Waals surface area contributed by atoms with Crippen molar-refractivity contribution in [3.05, 3.63) is 0 Å². The molecule has 1 aliphatic rings. The van der Waals surface area contributed by atoms with Crippen LogP contribution >= 0.6 is 0 Å². The van der Waals surface area contributed by atoms with Crippen LogP contribution in [0.5, 0.6) is 0 Å². The van der Waals surface area contributed by atoms with Gasteiger partial charge in [-0.15, -0.1) is 0 Å². The number of nitrogens with one attached hydrogen (secondary N) is 1. The zero-order valence-electron chi connectivity index (χ0n) is 9.58. The molecule has 4 heteroatoms. The zero-order valence-corrected chi connectivity index (χ0v) is 9.58. The molecule has 1 atom stereocenters. The van der Waals surface area contributed by atoms with Crippen molar-refractivity contribution in [2.24, 2.45) is 0 Å². The summed E-state index contributed by atoms with van der Waals surface area (Å²) >= 11 is 0. The van der Waals surface area contributed by atoms with Crippen molar-refractivity contribution in [3.63, 3.8) is 0 Å². The van der Waals surface area contributed by atoms with Crippen molar-refractivity contribution in [2.75, 3.05) is 13.2 Å². The van der Waals surface area contributed by atoms with E-state index < -0.39 is 0 Å². The average molecular weight is 215 g/mol. The maximum absolute atomic E-state index is 11.6. The van der Waals surface area contributed by atoms with Crippen LogP contribution in [-0.2, 0) is 9.53 Å². The molecule has 0 aromatic heterocycles. The fourth-order valence-electron chi connectivity index (χ4n) is 1.65. The Morgan fingerprint density at radius 1 is 1.53 bits per heavy atom. The molecular formula is C11H21NO3. The Balaban J connectivity index is 2.46. The molecule has 0 bridgehead atoms. The normalized spacial score (nSPS) is 19.7. The summed E-state index contributed by atoms with van der Waals surface area (Å²) in [6.45, 7) is 4.35. The first kappa shape index (κ1) is 12.5. The van der Waals surface area contributed by atoms with Gasteiger partial charge >= 0.3 is 5.97 Å². The summed E-state index contributed by atoms with van der Waals surface area (Å²) < 4.78 is 4.99. The highest BCUT2D eigenvalue weighted by molar-refractivity contribution is 5.75. The first-order valence-corrected chi connectivity index (χ1v) is 5.72. The molecule has 1 aliphatic carbocycles. The van der Waals surface area contributed by atoms with E-state index in [1.54, 1.807) is 6.92 Å². The van der Waals surface area contributed by atoms with Crippen LogP contribution in [0.4, 0.5) is 0 Å². The van der Waals surface area contributed by atoms with Gasteiger partial charge in [-0.05, 0) is 26.2 Å². The lowest BCUT2D eigenvalue weighted by atomic mass is 10.1. The maximum atomic E-state index is 11.6. The molecule has 1 rings (SSSR count). The van der Waals surface area contributed by atoms with Crippen LogP contribution in [0.3, 0.4) is 0 Å². The first-order chi connectivity index (χ1) is 7.17. The largest absolute Gasteiger partial charge is 0.465 e. The van der Waals surface area contributed by atoms with Crippen molar-refractivity contribution >= 4 is 5.97 Å². The lowest BCUT2D eigenvalue weighted by Gasteiger charge is -2.22. The fraction of sp³-hybridized carbons (Fsp3) is 0.909. The highest BCUT2D eigenvalue weighted by atomic mass is 16.5. The van der Waals surface area contributed by atoms with Crippen molar-refractivity contribution < 1.29 is 14.6 Å². The van der Waals surface area contributed by atoms with Gasteiger partial charge in [0.2, 0.25) is 0 Å². The molecule has 2 N–H and O–H groups in total. The summed E-state index contributed by atoms with van der Waals surface area (Å²) in [6, 6.07) is -0.260. The van der Waals surface area contributed by atoms with Gasteiger partial charge in [-0.3, -0.25) is 10.1 Å². The third kappa shape index (κ3) is 3.47. The Morgan fingerprint density at radius 2 is 2.20 bits per heavy atom. The van der Waals surface area contributed by atoms with Crippen molar-refractivity contribution in [1.82, 2.24) is 5.32 Å². The molecule has 0 spiro atoms. The summed E-state index contributed by atoms with van der Waals surface area (Å²) in [5, 5.41) is 12.4.